The number of carbonyl (C=O) groups excluding carboxylic acids is 1. The lowest BCUT2D eigenvalue weighted by Crippen LogP contribution is -2.03. The van der Waals surface area contributed by atoms with Gasteiger partial charge in [0.1, 0.15) is 5.75 Å². The summed E-state index contributed by atoms with van der Waals surface area (Å²) in [7, 11) is 1.56. The Kier molecular flexibility index (Phi) is 3.72. The van der Waals surface area contributed by atoms with E-state index in [0.29, 0.717) is 23.4 Å². The minimum Gasteiger partial charge on any atom is -0.495 e. The van der Waals surface area contributed by atoms with Crippen LogP contribution in [0.3, 0.4) is 0 Å². The third-order valence-corrected chi connectivity index (χ3v) is 2.47. The third kappa shape index (κ3) is 2.29. The molecule has 3 nitrogen and oxygen atoms in total. The molecule has 0 atom stereocenters. The quantitative estimate of drug-likeness (QED) is 0.609. The van der Waals surface area contributed by atoms with E-state index in [9.17, 15) is 4.79 Å². The molecule has 1 aromatic carbocycles. The number of nitrogens with two attached hydrogens (primary N) is 1. The molecule has 0 spiro atoms. The number of benzene rings is 1. The molecule has 0 heterocycles. The van der Waals surface area contributed by atoms with Crippen LogP contribution in [-0.4, -0.2) is 12.9 Å². The van der Waals surface area contributed by atoms with Gasteiger partial charge in [0, 0.05) is 12.0 Å². The first-order valence-electron chi connectivity index (χ1n) is 5.13. The minimum atomic E-state index is 0.114. The molecule has 0 saturated carbocycles. The lowest BCUT2D eigenvalue weighted by Gasteiger charge is -2.11. The lowest BCUT2D eigenvalue weighted by molar-refractivity contribution is 0.0988. The summed E-state index contributed by atoms with van der Waals surface area (Å²) in [5.74, 6) is 0.703. The molecular formula is C12H17NO2. The molecular weight excluding hydrogens is 190 g/mol. The molecule has 3 heteroatoms. The van der Waals surface area contributed by atoms with Gasteiger partial charge in [0.05, 0.1) is 12.8 Å². The zero-order valence-electron chi connectivity index (χ0n) is 9.46. The molecule has 0 saturated heterocycles. The van der Waals surface area contributed by atoms with Crippen molar-refractivity contribution in [1.82, 2.24) is 0 Å². The van der Waals surface area contributed by atoms with Gasteiger partial charge < -0.3 is 10.5 Å². The Morgan fingerprint density at radius 3 is 2.53 bits per heavy atom. The van der Waals surface area contributed by atoms with Crippen molar-refractivity contribution in [2.24, 2.45) is 0 Å². The Bertz CT molecular complexity index is 347. The summed E-state index contributed by atoms with van der Waals surface area (Å²) in [5, 5.41) is 0. The summed E-state index contributed by atoms with van der Waals surface area (Å²) in [6, 6.07) is 3.56. The highest BCUT2D eigenvalue weighted by molar-refractivity contribution is 5.97. The van der Waals surface area contributed by atoms with Crippen LogP contribution in [-0.2, 0) is 6.42 Å². The van der Waals surface area contributed by atoms with Crippen molar-refractivity contribution in [2.45, 2.75) is 26.7 Å². The highest BCUT2D eigenvalue weighted by atomic mass is 16.5. The van der Waals surface area contributed by atoms with Gasteiger partial charge in [0.2, 0.25) is 0 Å². The van der Waals surface area contributed by atoms with E-state index in [1.165, 1.54) is 0 Å². The standard InChI is InChI=1S/C12H17NO2/c1-4-8-6-9(10(14)5-2)7-11(15-3)12(8)13/h6-7H,4-5,13H2,1-3H3. The van der Waals surface area contributed by atoms with Crippen LogP contribution >= 0.6 is 0 Å². The van der Waals surface area contributed by atoms with Crippen LogP contribution in [0.2, 0.25) is 0 Å². The van der Waals surface area contributed by atoms with Crippen molar-refractivity contribution in [1.29, 1.82) is 0 Å². The van der Waals surface area contributed by atoms with Crippen LogP contribution in [0.1, 0.15) is 36.2 Å². The van der Waals surface area contributed by atoms with Gasteiger partial charge in [-0.2, -0.15) is 0 Å². The normalized spacial score (nSPS) is 10.1. The molecule has 0 aliphatic carbocycles. The first-order valence-corrected chi connectivity index (χ1v) is 5.13. The van der Waals surface area contributed by atoms with E-state index in [4.69, 9.17) is 10.5 Å². The smallest absolute Gasteiger partial charge is 0.162 e. The van der Waals surface area contributed by atoms with Gasteiger partial charge >= 0.3 is 0 Å². The fourth-order valence-corrected chi connectivity index (χ4v) is 1.51. The predicted octanol–water partition coefficient (Wildman–Crippen LogP) is 2.43. The van der Waals surface area contributed by atoms with E-state index in [1.54, 1.807) is 13.2 Å². The highest BCUT2D eigenvalue weighted by Crippen LogP contribution is 2.28. The van der Waals surface area contributed by atoms with Crippen LogP contribution < -0.4 is 10.5 Å². The summed E-state index contributed by atoms with van der Waals surface area (Å²) in [4.78, 5) is 11.6. The molecule has 0 aromatic heterocycles. The van der Waals surface area contributed by atoms with Crippen molar-refractivity contribution in [3.8, 4) is 5.75 Å². The first-order chi connectivity index (χ1) is 7.13. The zero-order chi connectivity index (χ0) is 11.4. The number of rotatable bonds is 4. The molecule has 82 valence electrons. The van der Waals surface area contributed by atoms with Gasteiger partial charge in [-0.25, -0.2) is 0 Å². The molecule has 15 heavy (non-hydrogen) atoms. The summed E-state index contributed by atoms with van der Waals surface area (Å²) < 4.78 is 5.15. The number of carbonyl (C=O) groups is 1. The first kappa shape index (κ1) is 11.6. The number of hydrogen-bond acceptors (Lipinski definition) is 3. The molecule has 0 amide bonds. The Hall–Kier alpha value is -1.51. The van der Waals surface area contributed by atoms with E-state index in [-0.39, 0.29) is 5.78 Å². The fraction of sp³-hybridized carbons (Fsp3) is 0.417. The number of methoxy groups -OCH3 is 1. The summed E-state index contributed by atoms with van der Waals surface area (Å²) >= 11 is 0. The molecule has 0 radical (unpaired) electrons. The molecule has 0 aliphatic rings. The average molecular weight is 207 g/mol. The van der Waals surface area contributed by atoms with Crippen molar-refractivity contribution < 1.29 is 9.53 Å². The van der Waals surface area contributed by atoms with E-state index < -0.39 is 0 Å². The molecule has 2 N–H and O–H groups in total. The lowest BCUT2D eigenvalue weighted by atomic mass is 10.0. The second-order valence-corrected chi connectivity index (χ2v) is 3.38. The number of ketones is 1. The molecule has 1 rings (SSSR count). The van der Waals surface area contributed by atoms with Gasteiger partial charge in [-0.15, -0.1) is 0 Å². The van der Waals surface area contributed by atoms with Crippen molar-refractivity contribution in [3.63, 3.8) is 0 Å². The minimum absolute atomic E-state index is 0.114. The second kappa shape index (κ2) is 4.82. The van der Waals surface area contributed by atoms with Gasteiger partial charge in [-0.3, -0.25) is 4.79 Å². The Labute approximate surface area is 90.2 Å². The SMILES string of the molecule is CCC(=O)c1cc(CC)c(N)c(OC)c1. The Morgan fingerprint density at radius 2 is 2.07 bits per heavy atom. The van der Waals surface area contributed by atoms with E-state index in [1.807, 2.05) is 19.9 Å². The van der Waals surface area contributed by atoms with Crippen molar-refractivity contribution >= 4 is 11.5 Å². The molecule has 1 aromatic rings. The molecule has 0 aliphatic heterocycles. The Morgan fingerprint density at radius 1 is 1.40 bits per heavy atom. The van der Waals surface area contributed by atoms with Crippen LogP contribution in [0.25, 0.3) is 0 Å². The van der Waals surface area contributed by atoms with E-state index in [2.05, 4.69) is 0 Å². The summed E-state index contributed by atoms with van der Waals surface area (Å²) in [5.41, 5.74) is 8.16. The van der Waals surface area contributed by atoms with E-state index in [0.717, 1.165) is 12.0 Å². The maximum atomic E-state index is 11.6. The van der Waals surface area contributed by atoms with Crippen molar-refractivity contribution in [2.75, 3.05) is 12.8 Å². The predicted molar refractivity (Wildman–Crippen MR) is 61.4 cm³/mol. The van der Waals surface area contributed by atoms with Crippen LogP contribution in [0, 0.1) is 0 Å². The molecule has 0 unspecified atom stereocenters. The van der Waals surface area contributed by atoms with Gasteiger partial charge in [-0.1, -0.05) is 13.8 Å². The second-order valence-electron chi connectivity index (χ2n) is 3.38. The topological polar surface area (TPSA) is 52.3 Å². The number of Topliss-reactive ketones (excluding diaryl/α,β-unsaturated/α-hetero) is 1. The third-order valence-electron chi connectivity index (χ3n) is 2.47. The van der Waals surface area contributed by atoms with Gasteiger partial charge in [0.15, 0.2) is 5.78 Å². The van der Waals surface area contributed by atoms with Gasteiger partial charge in [-0.05, 0) is 24.1 Å². The summed E-state index contributed by atoms with van der Waals surface area (Å²) in [6.45, 7) is 3.85. The fourth-order valence-electron chi connectivity index (χ4n) is 1.51. The largest absolute Gasteiger partial charge is 0.495 e. The van der Waals surface area contributed by atoms with Gasteiger partial charge in [0.25, 0.3) is 0 Å². The molecule has 0 bridgehead atoms. The Balaban J connectivity index is 3.26. The van der Waals surface area contributed by atoms with Crippen molar-refractivity contribution in [3.05, 3.63) is 23.3 Å². The number of anilines is 1. The van der Waals surface area contributed by atoms with E-state index >= 15 is 0 Å². The van der Waals surface area contributed by atoms with Crippen LogP contribution in [0.15, 0.2) is 12.1 Å². The van der Waals surface area contributed by atoms with Crippen LogP contribution in [0.5, 0.6) is 5.75 Å². The number of aryl methyl sites for hydroxylation is 1. The zero-order valence-corrected chi connectivity index (χ0v) is 9.46. The molecule has 0 fully saturated rings. The average Bonchev–Trinajstić information content (AvgIpc) is 2.28. The highest BCUT2D eigenvalue weighted by Gasteiger charge is 2.11. The number of hydrogen-bond donors (Lipinski definition) is 1. The summed E-state index contributed by atoms with van der Waals surface area (Å²) in [6.07, 6.45) is 1.29. The maximum absolute atomic E-state index is 11.6. The van der Waals surface area contributed by atoms with Crippen LogP contribution in [0.4, 0.5) is 5.69 Å². The number of nitrogen functional groups attached to an aromatic ring is 1. The number of ether oxygens (including phenoxy) is 1. The maximum Gasteiger partial charge on any atom is 0.162 e. The monoisotopic (exact) mass is 207 g/mol.